The number of phenolic OH excluding ortho intramolecular Hbond substituents is 1. The molecule has 0 unspecified atom stereocenters. The number of para-hydroxylation sites is 1. The lowest BCUT2D eigenvalue weighted by Crippen LogP contribution is -1.91. The maximum Gasteiger partial charge on any atom is 0.126 e. The monoisotopic (exact) mass is 336 g/mol. The molecule has 4 aromatic carbocycles. The number of benzene rings is 4. The van der Waals surface area contributed by atoms with Gasteiger partial charge in [-0.25, -0.2) is 0 Å². The van der Waals surface area contributed by atoms with Crippen molar-refractivity contribution in [2.45, 2.75) is 6.42 Å². The van der Waals surface area contributed by atoms with Gasteiger partial charge in [-0.3, -0.25) is 0 Å². The first-order chi connectivity index (χ1) is 12.8. The molecule has 0 amide bonds. The lowest BCUT2D eigenvalue weighted by Gasteiger charge is -2.11. The summed E-state index contributed by atoms with van der Waals surface area (Å²) in [6, 6.07) is 34.9. The molecule has 0 aliphatic carbocycles. The molecule has 0 aromatic heterocycles. The Hall–Kier alpha value is -3.32. The van der Waals surface area contributed by atoms with Crippen molar-refractivity contribution in [2.75, 3.05) is 0 Å². The summed E-state index contributed by atoms with van der Waals surface area (Å²) in [5, 5.41) is 10.8. The van der Waals surface area contributed by atoms with Gasteiger partial charge in [-0.05, 0) is 27.8 Å². The average Bonchev–Trinajstić information content (AvgIpc) is 2.71. The van der Waals surface area contributed by atoms with Crippen LogP contribution in [0.4, 0.5) is 0 Å². The highest BCUT2D eigenvalue weighted by Gasteiger charge is 2.10. The molecule has 0 fully saturated rings. The van der Waals surface area contributed by atoms with Gasteiger partial charge in [0.2, 0.25) is 0 Å². The molecule has 4 aromatic rings. The van der Waals surface area contributed by atoms with Gasteiger partial charge in [0.25, 0.3) is 0 Å². The summed E-state index contributed by atoms with van der Waals surface area (Å²) in [7, 11) is 0. The Morgan fingerprint density at radius 3 is 1.88 bits per heavy atom. The van der Waals surface area contributed by atoms with E-state index < -0.39 is 0 Å². The van der Waals surface area contributed by atoms with Crippen LogP contribution in [0.15, 0.2) is 103 Å². The smallest absolute Gasteiger partial charge is 0.126 e. The van der Waals surface area contributed by atoms with Gasteiger partial charge in [-0.2, -0.15) is 0 Å². The predicted octanol–water partition coefficient (Wildman–Crippen LogP) is 6.32. The van der Waals surface area contributed by atoms with Crippen molar-refractivity contribution in [3.05, 3.63) is 114 Å². The molecular formula is C25H20O. The molecule has 0 atom stereocenters. The van der Waals surface area contributed by atoms with Crippen LogP contribution in [0, 0.1) is 0 Å². The van der Waals surface area contributed by atoms with Gasteiger partial charge in [0.15, 0.2) is 0 Å². The van der Waals surface area contributed by atoms with Crippen LogP contribution in [0.1, 0.15) is 11.1 Å². The maximum atomic E-state index is 10.8. The largest absolute Gasteiger partial charge is 0.507 e. The number of aromatic hydroxyl groups is 1. The Balaban J connectivity index is 1.66. The SMILES string of the molecule is Oc1c(Cc2cccc(-c3ccccc3)c2)cccc1-c1ccccc1. The highest BCUT2D eigenvalue weighted by atomic mass is 16.3. The van der Waals surface area contributed by atoms with E-state index in [0.29, 0.717) is 12.2 Å². The Morgan fingerprint density at radius 1 is 0.538 bits per heavy atom. The van der Waals surface area contributed by atoms with Crippen molar-refractivity contribution in [1.82, 2.24) is 0 Å². The fourth-order valence-corrected chi connectivity index (χ4v) is 3.30. The predicted molar refractivity (Wildman–Crippen MR) is 108 cm³/mol. The molecule has 1 N–H and O–H groups in total. The summed E-state index contributed by atoms with van der Waals surface area (Å²) in [6.45, 7) is 0. The van der Waals surface area contributed by atoms with Crippen LogP contribution in [0.5, 0.6) is 5.75 Å². The Labute approximate surface area is 154 Å². The zero-order chi connectivity index (χ0) is 17.8. The van der Waals surface area contributed by atoms with Crippen LogP contribution in [-0.2, 0) is 6.42 Å². The van der Waals surface area contributed by atoms with Gasteiger partial charge in [-0.1, -0.05) is 103 Å². The van der Waals surface area contributed by atoms with E-state index in [2.05, 4.69) is 48.5 Å². The second kappa shape index (κ2) is 7.28. The summed E-state index contributed by atoms with van der Waals surface area (Å²) in [5.41, 5.74) is 6.44. The Morgan fingerprint density at radius 2 is 1.15 bits per heavy atom. The average molecular weight is 336 g/mol. The fraction of sp³-hybridized carbons (Fsp3) is 0.0400. The highest BCUT2D eigenvalue weighted by Crippen LogP contribution is 2.33. The topological polar surface area (TPSA) is 20.2 Å². The molecule has 1 heteroatoms. The molecule has 0 saturated carbocycles. The fourth-order valence-electron chi connectivity index (χ4n) is 3.30. The minimum absolute atomic E-state index is 0.365. The number of phenols is 1. The van der Waals surface area contributed by atoms with Gasteiger partial charge in [0.05, 0.1) is 0 Å². The van der Waals surface area contributed by atoms with Crippen molar-refractivity contribution >= 4 is 0 Å². The summed E-state index contributed by atoms with van der Waals surface area (Å²) in [6.07, 6.45) is 0.702. The molecule has 0 aliphatic heterocycles. The Bertz CT molecular complexity index is 1000. The van der Waals surface area contributed by atoms with Gasteiger partial charge >= 0.3 is 0 Å². The molecule has 4 rings (SSSR count). The molecule has 0 saturated heterocycles. The zero-order valence-electron chi connectivity index (χ0n) is 14.5. The minimum atomic E-state index is 0.365. The van der Waals surface area contributed by atoms with E-state index in [1.54, 1.807) is 0 Å². The van der Waals surface area contributed by atoms with Crippen molar-refractivity contribution in [3.8, 4) is 28.0 Å². The maximum absolute atomic E-state index is 10.8. The van der Waals surface area contributed by atoms with Crippen LogP contribution >= 0.6 is 0 Å². The summed E-state index contributed by atoms with van der Waals surface area (Å²) < 4.78 is 0. The van der Waals surface area contributed by atoms with Gasteiger partial charge in [0, 0.05) is 12.0 Å². The van der Waals surface area contributed by atoms with Gasteiger partial charge < -0.3 is 5.11 Å². The van der Waals surface area contributed by atoms with Crippen LogP contribution < -0.4 is 0 Å². The first kappa shape index (κ1) is 16.2. The van der Waals surface area contributed by atoms with E-state index in [9.17, 15) is 5.11 Å². The molecule has 0 aliphatic rings. The highest BCUT2D eigenvalue weighted by molar-refractivity contribution is 5.72. The molecule has 26 heavy (non-hydrogen) atoms. The molecule has 0 radical (unpaired) electrons. The molecule has 0 heterocycles. The first-order valence-electron chi connectivity index (χ1n) is 8.82. The quantitative estimate of drug-likeness (QED) is 0.462. The first-order valence-corrected chi connectivity index (χ1v) is 8.82. The number of hydrogen-bond donors (Lipinski definition) is 1. The summed E-state index contributed by atoms with van der Waals surface area (Å²) in [5.74, 6) is 0.365. The van der Waals surface area contributed by atoms with Crippen LogP contribution in [0.3, 0.4) is 0 Å². The number of rotatable bonds is 4. The number of hydrogen-bond acceptors (Lipinski definition) is 1. The lowest BCUT2D eigenvalue weighted by atomic mass is 9.96. The molecular weight excluding hydrogens is 316 g/mol. The van der Waals surface area contributed by atoms with E-state index in [4.69, 9.17) is 0 Å². The van der Waals surface area contributed by atoms with E-state index in [1.807, 2.05) is 54.6 Å². The van der Waals surface area contributed by atoms with Gasteiger partial charge in [0.1, 0.15) is 5.75 Å². The molecule has 1 nitrogen and oxygen atoms in total. The Kier molecular flexibility index (Phi) is 4.53. The second-order valence-electron chi connectivity index (χ2n) is 6.42. The van der Waals surface area contributed by atoms with E-state index in [-0.39, 0.29) is 0 Å². The van der Waals surface area contributed by atoms with E-state index in [0.717, 1.165) is 16.7 Å². The minimum Gasteiger partial charge on any atom is -0.507 e. The van der Waals surface area contributed by atoms with E-state index >= 15 is 0 Å². The molecule has 0 spiro atoms. The standard InChI is InChI=1S/C25H20O/c26-25-23(15-8-16-24(25)21-12-5-2-6-13-21)18-19-9-7-14-22(17-19)20-10-3-1-4-11-20/h1-17,26H,18H2. The summed E-state index contributed by atoms with van der Waals surface area (Å²) >= 11 is 0. The zero-order valence-corrected chi connectivity index (χ0v) is 14.5. The van der Waals surface area contributed by atoms with Crippen molar-refractivity contribution < 1.29 is 5.11 Å². The second-order valence-corrected chi connectivity index (χ2v) is 6.42. The van der Waals surface area contributed by atoms with Crippen molar-refractivity contribution in [1.29, 1.82) is 0 Å². The lowest BCUT2D eigenvalue weighted by molar-refractivity contribution is 0.471. The third kappa shape index (κ3) is 3.38. The van der Waals surface area contributed by atoms with Crippen LogP contribution in [-0.4, -0.2) is 5.11 Å². The third-order valence-corrected chi connectivity index (χ3v) is 4.63. The van der Waals surface area contributed by atoms with Crippen LogP contribution in [0.25, 0.3) is 22.3 Å². The normalized spacial score (nSPS) is 10.6. The van der Waals surface area contributed by atoms with Crippen molar-refractivity contribution in [3.63, 3.8) is 0 Å². The third-order valence-electron chi connectivity index (χ3n) is 4.63. The molecule has 126 valence electrons. The van der Waals surface area contributed by atoms with E-state index in [1.165, 1.54) is 16.7 Å². The summed E-state index contributed by atoms with van der Waals surface area (Å²) in [4.78, 5) is 0. The van der Waals surface area contributed by atoms with Crippen LogP contribution in [0.2, 0.25) is 0 Å². The van der Waals surface area contributed by atoms with Crippen molar-refractivity contribution in [2.24, 2.45) is 0 Å². The molecule has 0 bridgehead atoms. The van der Waals surface area contributed by atoms with Gasteiger partial charge in [-0.15, -0.1) is 0 Å².